The van der Waals surface area contributed by atoms with Crippen LogP contribution in [0.15, 0.2) is 60.7 Å². The van der Waals surface area contributed by atoms with E-state index in [-0.39, 0.29) is 76.2 Å². The van der Waals surface area contributed by atoms with Crippen LogP contribution in [-0.2, 0) is 47.9 Å². The molecule has 3 amide bonds. The van der Waals surface area contributed by atoms with E-state index in [0.29, 0.717) is 36.8 Å². The van der Waals surface area contributed by atoms with E-state index in [1.165, 1.54) is 17.7 Å². The Labute approximate surface area is 478 Å². The van der Waals surface area contributed by atoms with E-state index in [0.717, 1.165) is 62.0 Å². The zero-order valence-electron chi connectivity index (χ0n) is 46.3. The largest absolute Gasteiger partial charge is 0.479 e. The summed E-state index contributed by atoms with van der Waals surface area (Å²) < 4.78 is 0.0865. The molecule has 4 fully saturated rings. The number of carboxylic acids is 1. The van der Waals surface area contributed by atoms with Crippen LogP contribution in [0.4, 0.5) is 0 Å². The SMILES string of the molecule is CCCC(CC(=O)[C@@H]1CC2(CN1CC)SCCCS2)C(=O)C(=O)CCC(=O)N[C@H](C(=O)N(C)C)c1ccccc1.CCCC(CC(=O)[C@@H]1CC2(CN1CC)SCCCS2)C(=O)C(=O)CCC(=O)N[C@H](C(=O)O)c1ccccc1. The fraction of sp³-hybridized carbons (Fsp3) is 0.621. The highest BCUT2D eigenvalue weighted by Crippen LogP contribution is 2.52. The fourth-order valence-corrected chi connectivity index (χ4v) is 17.4. The third-order valence-corrected chi connectivity index (χ3v) is 21.5. The monoisotopic (exact) mass is 1150 g/mol. The number of hydrogen-bond donors (Lipinski definition) is 3. The minimum atomic E-state index is -1.24. The van der Waals surface area contributed by atoms with Gasteiger partial charge >= 0.3 is 5.97 Å². The van der Waals surface area contributed by atoms with Gasteiger partial charge in [0, 0.05) is 77.5 Å². The summed E-state index contributed by atoms with van der Waals surface area (Å²) in [5.74, 6) is -1.99. The number of hydrogen-bond acceptors (Lipinski definition) is 16. The second-order valence-corrected chi connectivity index (χ2v) is 27.2. The van der Waals surface area contributed by atoms with E-state index in [4.69, 9.17) is 0 Å². The standard InChI is InChI=1S/C30H43N3O5S2.C28H38N2O6S2/c1-5-11-22(18-25(35)23-19-30(20-33(23)6-2)39-16-10-17-40-30)28(37)24(34)14-15-26(36)31-27(29(38)32(3)4)21-12-8-7-9-13-21;1-3-9-20(16-23(32)21-17-28(18-30(21)4-2)37-14-8-15-38-28)26(34)22(31)12-13-24(33)29-25(27(35)36)19-10-6-5-7-11-19/h7-9,12-13,22-23,27H,5-6,10-11,14-20H2,1-4H3,(H,31,36);5-7,10-11,20-21,25H,3-4,8-9,12-18H2,1-2H3,(H,29,33)(H,35,36)/t22?,23-,27-;20?,21-,25-/m00/s1. The first-order valence-corrected chi connectivity index (χ1v) is 31.6. The second kappa shape index (κ2) is 31.6. The smallest absolute Gasteiger partial charge is 0.330 e. The lowest BCUT2D eigenvalue weighted by Crippen LogP contribution is -2.40. The van der Waals surface area contributed by atoms with Crippen molar-refractivity contribution in [3.05, 3.63) is 71.8 Å². The summed E-state index contributed by atoms with van der Waals surface area (Å²) in [5, 5.41) is 14.6. The number of amides is 3. The molecule has 4 aliphatic rings. The van der Waals surface area contributed by atoms with Crippen LogP contribution in [0, 0.1) is 11.8 Å². The van der Waals surface area contributed by atoms with Crippen LogP contribution in [-0.4, -0.2) is 162 Å². The van der Waals surface area contributed by atoms with Crippen LogP contribution in [0.5, 0.6) is 0 Å². The van der Waals surface area contributed by atoms with Crippen molar-refractivity contribution in [1.29, 1.82) is 0 Å². The Bertz CT molecular complexity index is 2400. The predicted molar refractivity (Wildman–Crippen MR) is 311 cm³/mol. The maximum absolute atomic E-state index is 13.5. The molecule has 2 spiro atoms. The normalized spacial score (nSPS) is 20.3. The minimum Gasteiger partial charge on any atom is -0.479 e. The van der Waals surface area contributed by atoms with E-state index < -0.39 is 64.8 Å². The van der Waals surface area contributed by atoms with E-state index >= 15 is 0 Å². The number of nitrogens with zero attached hydrogens (tertiary/aromatic N) is 3. The molecule has 20 heteroatoms. The van der Waals surface area contributed by atoms with Gasteiger partial charge in [0.15, 0.2) is 29.2 Å². The van der Waals surface area contributed by atoms with E-state index in [2.05, 4.69) is 27.4 Å². The number of aliphatic carboxylic acids is 1. The zero-order chi connectivity index (χ0) is 57.0. The summed E-state index contributed by atoms with van der Waals surface area (Å²) in [6.45, 7) is 11.2. The Morgan fingerprint density at radius 1 is 0.577 bits per heavy atom. The van der Waals surface area contributed by atoms with Crippen molar-refractivity contribution >= 4 is 105 Å². The second-order valence-electron chi connectivity index (χ2n) is 20.8. The first kappa shape index (κ1) is 64.5. The number of likely N-dealkylation sites (tertiary alicyclic amines) is 2. The molecule has 78 heavy (non-hydrogen) atoms. The number of rotatable bonds is 28. The van der Waals surface area contributed by atoms with Crippen LogP contribution in [0.25, 0.3) is 0 Å². The quantitative estimate of drug-likeness (QED) is 0.0692. The van der Waals surface area contributed by atoms with Crippen molar-refractivity contribution in [1.82, 2.24) is 25.3 Å². The predicted octanol–water partition coefficient (Wildman–Crippen LogP) is 7.77. The Hall–Kier alpha value is -4.34. The highest BCUT2D eigenvalue weighted by Gasteiger charge is 2.50. The average Bonchev–Trinajstić information content (AvgIpc) is 4.05. The highest BCUT2D eigenvalue weighted by atomic mass is 32.2. The van der Waals surface area contributed by atoms with Gasteiger partial charge in [0.25, 0.3) is 0 Å². The van der Waals surface area contributed by atoms with Crippen LogP contribution < -0.4 is 10.6 Å². The molecule has 0 aliphatic carbocycles. The van der Waals surface area contributed by atoms with Crippen LogP contribution in [0.1, 0.15) is 141 Å². The molecule has 428 valence electrons. The summed E-state index contributed by atoms with van der Waals surface area (Å²) >= 11 is 7.79. The number of thioether (sulfide) groups is 4. The zero-order valence-corrected chi connectivity index (χ0v) is 49.6. The number of carbonyl (C=O) groups excluding carboxylic acids is 9. The summed E-state index contributed by atoms with van der Waals surface area (Å²) in [7, 11) is 3.22. The first-order chi connectivity index (χ1) is 37.3. The topological polar surface area (TPSA) is 225 Å². The lowest BCUT2D eigenvalue weighted by Gasteiger charge is -2.31. The molecule has 3 N–H and O–H groups in total. The number of carbonyl (C=O) groups is 10. The Morgan fingerprint density at radius 3 is 1.29 bits per heavy atom. The highest BCUT2D eigenvalue weighted by molar-refractivity contribution is 8.19. The molecule has 16 nitrogen and oxygen atoms in total. The molecular formula is C58H81N5O11S4. The molecule has 6 atom stereocenters. The number of nitrogens with one attached hydrogen (secondary N) is 2. The molecule has 4 aliphatic heterocycles. The number of carboxylic acid groups (broad SMARTS) is 1. The third-order valence-electron chi connectivity index (χ3n) is 14.8. The van der Waals surface area contributed by atoms with Gasteiger partial charge in [-0.05, 0) is 85.8 Å². The lowest BCUT2D eigenvalue weighted by molar-refractivity contribution is -0.142. The van der Waals surface area contributed by atoms with Crippen molar-refractivity contribution in [3.63, 3.8) is 0 Å². The Kier molecular flexibility index (Phi) is 26.1. The number of benzene rings is 2. The van der Waals surface area contributed by atoms with Gasteiger partial charge in [-0.2, -0.15) is 0 Å². The third kappa shape index (κ3) is 18.3. The first-order valence-electron chi connectivity index (χ1n) is 27.7. The molecule has 4 heterocycles. The van der Waals surface area contributed by atoms with E-state index in [1.807, 2.05) is 73.9 Å². The van der Waals surface area contributed by atoms with Gasteiger partial charge < -0.3 is 20.6 Å². The number of likely N-dealkylation sites (N-methyl/N-ethyl adjacent to an activating group) is 3. The Balaban J connectivity index is 0.000000288. The molecule has 0 saturated carbocycles. The summed E-state index contributed by atoms with van der Waals surface area (Å²) in [6.07, 6.45) is 5.18. The maximum Gasteiger partial charge on any atom is 0.330 e. The molecular weight excluding hydrogens is 1070 g/mol. The fourth-order valence-electron chi connectivity index (χ4n) is 10.6. The molecule has 2 aromatic rings. The molecule has 0 radical (unpaired) electrons. The number of Topliss-reactive ketones (excluding diaryl/α,β-unsaturated/α-hetero) is 6. The summed E-state index contributed by atoms with van der Waals surface area (Å²) in [6, 6.07) is 14.6. The molecule has 4 saturated heterocycles. The van der Waals surface area contributed by atoms with Gasteiger partial charge in [0.1, 0.15) is 6.04 Å². The summed E-state index contributed by atoms with van der Waals surface area (Å²) in [5.41, 5.74) is 1.05. The van der Waals surface area contributed by atoms with E-state index in [9.17, 15) is 53.1 Å². The van der Waals surface area contributed by atoms with Crippen molar-refractivity contribution in [2.75, 3.05) is 63.3 Å². The van der Waals surface area contributed by atoms with Crippen molar-refractivity contribution in [2.45, 2.75) is 150 Å². The molecule has 2 aromatic carbocycles. The molecule has 6 rings (SSSR count). The van der Waals surface area contributed by atoms with Crippen LogP contribution in [0.2, 0.25) is 0 Å². The van der Waals surface area contributed by atoms with Crippen LogP contribution in [0.3, 0.4) is 0 Å². The van der Waals surface area contributed by atoms with Crippen molar-refractivity contribution in [2.24, 2.45) is 11.8 Å². The van der Waals surface area contributed by atoms with Gasteiger partial charge in [0.05, 0.1) is 20.2 Å². The van der Waals surface area contributed by atoms with E-state index in [1.54, 1.807) is 68.7 Å². The van der Waals surface area contributed by atoms with Gasteiger partial charge in [-0.15, -0.1) is 47.0 Å². The van der Waals surface area contributed by atoms with Crippen molar-refractivity contribution in [3.8, 4) is 0 Å². The molecule has 0 bridgehead atoms. The summed E-state index contributed by atoms with van der Waals surface area (Å²) in [4.78, 5) is 134. The van der Waals surface area contributed by atoms with Gasteiger partial charge in [-0.3, -0.25) is 53.0 Å². The average molecular weight is 1150 g/mol. The minimum absolute atomic E-state index is 0.0139. The number of ketones is 6. The maximum atomic E-state index is 13.5. The van der Waals surface area contributed by atoms with Gasteiger partial charge in [0.2, 0.25) is 29.3 Å². The van der Waals surface area contributed by atoms with Gasteiger partial charge in [-0.25, -0.2) is 4.79 Å². The van der Waals surface area contributed by atoms with Crippen molar-refractivity contribution < 1.29 is 53.1 Å². The Morgan fingerprint density at radius 2 is 0.949 bits per heavy atom. The lowest BCUT2D eigenvalue weighted by atomic mass is 9.87. The molecule has 0 aromatic heterocycles. The molecule has 2 unspecified atom stereocenters. The van der Waals surface area contributed by atoms with Crippen LogP contribution >= 0.6 is 47.0 Å². The van der Waals surface area contributed by atoms with Gasteiger partial charge in [-0.1, -0.05) is 101 Å².